The van der Waals surface area contributed by atoms with Gasteiger partial charge in [0.15, 0.2) is 0 Å². The Labute approximate surface area is 106 Å². The summed E-state index contributed by atoms with van der Waals surface area (Å²) in [6.45, 7) is 0.283. The largest absolute Gasteiger partial charge is 0.468 e. The molecule has 0 bridgehead atoms. The van der Waals surface area contributed by atoms with E-state index in [1.54, 1.807) is 6.07 Å². The molecule has 0 saturated carbocycles. The van der Waals surface area contributed by atoms with Gasteiger partial charge < -0.3 is 9.15 Å². The third-order valence-corrected chi connectivity index (χ3v) is 3.86. The van der Waals surface area contributed by atoms with Gasteiger partial charge in [-0.25, -0.2) is 12.7 Å². The number of esters is 1. The average Bonchev–Trinajstić information content (AvgIpc) is 2.77. The van der Waals surface area contributed by atoms with Crippen LogP contribution >= 0.6 is 0 Å². The molecule has 102 valence electrons. The van der Waals surface area contributed by atoms with Crippen LogP contribution in [0.3, 0.4) is 0 Å². The summed E-state index contributed by atoms with van der Waals surface area (Å²) in [6.07, 6.45) is 0. The lowest BCUT2D eigenvalue weighted by Crippen LogP contribution is -2.23. The Morgan fingerprint density at radius 1 is 1.44 bits per heavy atom. The van der Waals surface area contributed by atoms with Crippen LogP contribution in [0.2, 0.25) is 0 Å². The fraction of sp³-hybridized carbons (Fsp3) is 0.500. The van der Waals surface area contributed by atoms with E-state index in [1.807, 2.05) is 0 Å². The lowest BCUT2D eigenvalue weighted by Gasteiger charge is -2.07. The van der Waals surface area contributed by atoms with Gasteiger partial charge >= 0.3 is 5.97 Å². The van der Waals surface area contributed by atoms with Crippen LogP contribution in [-0.4, -0.2) is 46.4 Å². The van der Waals surface area contributed by atoms with Crippen molar-refractivity contribution in [3.8, 4) is 0 Å². The molecule has 0 fully saturated rings. The van der Waals surface area contributed by atoms with Gasteiger partial charge in [0.2, 0.25) is 5.09 Å². The summed E-state index contributed by atoms with van der Waals surface area (Å²) in [7, 11) is 0.583. The molecule has 1 aromatic rings. The third-order valence-electron chi connectivity index (χ3n) is 2.17. The van der Waals surface area contributed by atoms with Crippen LogP contribution in [0.15, 0.2) is 21.6 Å². The number of rotatable bonds is 6. The van der Waals surface area contributed by atoms with E-state index in [0.29, 0.717) is 5.76 Å². The maximum absolute atomic E-state index is 11.7. The minimum absolute atomic E-state index is 0.0347. The molecule has 0 radical (unpaired) electrons. The number of nitrogens with zero attached hydrogens (tertiary/aromatic N) is 1. The number of ether oxygens (including phenoxy) is 1. The fourth-order valence-electron chi connectivity index (χ4n) is 1.13. The zero-order valence-corrected chi connectivity index (χ0v) is 11.3. The zero-order valence-electron chi connectivity index (χ0n) is 10.5. The minimum Gasteiger partial charge on any atom is -0.468 e. The van der Waals surface area contributed by atoms with Crippen LogP contribution < -0.4 is 5.32 Å². The lowest BCUT2D eigenvalue weighted by molar-refractivity contribution is -0.139. The molecule has 0 amide bonds. The molecular formula is C10H16N2O5S. The molecule has 8 heteroatoms. The Bertz CT molecular complexity index is 506. The molecule has 0 aliphatic carbocycles. The quantitative estimate of drug-likeness (QED) is 0.723. The number of sulfonamides is 1. The van der Waals surface area contributed by atoms with Crippen molar-refractivity contribution >= 4 is 16.0 Å². The van der Waals surface area contributed by atoms with Crippen molar-refractivity contribution in [2.45, 2.75) is 11.6 Å². The highest BCUT2D eigenvalue weighted by atomic mass is 32.2. The van der Waals surface area contributed by atoms with Gasteiger partial charge in [0.1, 0.15) is 5.76 Å². The number of methoxy groups -OCH3 is 1. The average molecular weight is 276 g/mol. The Morgan fingerprint density at radius 3 is 2.67 bits per heavy atom. The minimum atomic E-state index is -3.55. The van der Waals surface area contributed by atoms with E-state index in [-0.39, 0.29) is 18.2 Å². The molecule has 0 saturated heterocycles. The number of hydrogen-bond donors (Lipinski definition) is 1. The molecule has 7 nitrogen and oxygen atoms in total. The van der Waals surface area contributed by atoms with Crippen LogP contribution in [0, 0.1) is 0 Å². The summed E-state index contributed by atoms with van der Waals surface area (Å²) in [4.78, 5) is 10.8. The van der Waals surface area contributed by atoms with Gasteiger partial charge in [0, 0.05) is 14.1 Å². The maximum atomic E-state index is 11.7. The summed E-state index contributed by atoms with van der Waals surface area (Å²) in [5, 5.41) is 2.65. The number of hydrogen-bond acceptors (Lipinski definition) is 6. The highest BCUT2D eigenvalue weighted by Crippen LogP contribution is 2.16. The Kier molecular flexibility index (Phi) is 4.88. The number of carbonyl (C=O) groups is 1. The normalized spacial score (nSPS) is 11.8. The second-order valence-electron chi connectivity index (χ2n) is 3.69. The highest BCUT2D eigenvalue weighted by Gasteiger charge is 2.21. The van der Waals surface area contributed by atoms with Crippen molar-refractivity contribution in [2.75, 3.05) is 27.7 Å². The standard InChI is InChI=1S/C10H16N2O5S/c1-12(2)18(14,15)10-5-4-8(17-10)6-11-7-9(13)16-3/h4-5,11H,6-7H2,1-3H3. The Balaban J connectivity index is 2.62. The third kappa shape index (κ3) is 3.56. The molecule has 1 aromatic heterocycles. The molecule has 1 N–H and O–H groups in total. The molecule has 0 atom stereocenters. The van der Waals surface area contributed by atoms with Gasteiger partial charge in [0.05, 0.1) is 20.2 Å². The molecule has 0 unspecified atom stereocenters. The SMILES string of the molecule is COC(=O)CNCc1ccc(S(=O)(=O)N(C)C)o1. The second-order valence-corrected chi connectivity index (χ2v) is 5.77. The van der Waals surface area contributed by atoms with Gasteiger partial charge in [-0.3, -0.25) is 10.1 Å². The predicted octanol–water partition coefficient (Wildman–Crippen LogP) is -0.207. The monoisotopic (exact) mass is 276 g/mol. The summed E-state index contributed by atoms with van der Waals surface area (Å²) >= 11 is 0. The second kappa shape index (κ2) is 5.98. The number of furan rings is 1. The number of carbonyl (C=O) groups excluding carboxylic acids is 1. The summed E-state index contributed by atoms with van der Waals surface area (Å²) in [5.41, 5.74) is 0. The molecule has 0 aliphatic rings. The molecule has 18 heavy (non-hydrogen) atoms. The summed E-state index contributed by atoms with van der Waals surface area (Å²) < 4.78 is 34.1. The molecule has 1 rings (SSSR count). The van der Waals surface area contributed by atoms with E-state index in [1.165, 1.54) is 27.3 Å². The first kappa shape index (κ1) is 14.7. The van der Waals surface area contributed by atoms with Gasteiger partial charge in [-0.15, -0.1) is 0 Å². The summed E-state index contributed by atoms with van der Waals surface area (Å²) in [6, 6.07) is 2.92. The van der Waals surface area contributed by atoms with E-state index >= 15 is 0 Å². The van der Waals surface area contributed by atoms with Crippen molar-refractivity contribution in [1.82, 2.24) is 9.62 Å². The van der Waals surface area contributed by atoms with Crippen molar-refractivity contribution in [1.29, 1.82) is 0 Å². The van der Waals surface area contributed by atoms with Gasteiger partial charge in [-0.1, -0.05) is 0 Å². The predicted molar refractivity (Wildman–Crippen MR) is 63.3 cm³/mol. The Morgan fingerprint density at radius 2 is 2.11 bits per heavy atom. The van der Waals surface area contributed by atoms with E-state index in [2.05, 4.69) is 10.1 Å². The Hall–Kier alpha value is -1.38. The summed E-state index contributed by atoms with van der Waals surface area (Å²) in [5.74, 6) is 0.0296. The van der Waals surface area contributed by atoms with Crippen LogP contribution in [0.5, 0.6) is 0 Å². The van der Waals surface area contributed by atoms with Crippen molar-refractivity contribution in [3.63, 3.8) is 0 Å². The van der Waals surface area contributed by atoms with Crippen molar-refractivity contribution < 1.29 is 22.4 Å². The lowest BCUT2D eigenvalue weighted by atomic mass is 10.4. The van der Waals surface area contributed by atoms with Crippen molar-refractivity contribution in [2.24, 2.45) is 0 Å². The first-order valence-electron chi connectivity index (χ1n) is 5.16. The topological polar surface area (TPSA) is 88.8 Å². The van der Waals surface area contributed by atoms with Crippen molar-refractivity contribution in [3.05, 3.63) is 17.9 Å². The fourth-order valence-corrected chi connectivity index (χ4v) is 1.94. The first-order chi connectivity index (χ1) is 8.37. The zero-order chi connectivity index (χ0) is 13.8. The van der Waals surface area contributed by atoms with E-state index in [9.17, 15) is 13.2 Å². The van der Waals surface area contributed by atoms with E-state index in [0.717, 1.165) is 4.31 Å². The maximum Gasteiger partial charge on any atom is 0.319 e. The first-order valence-corrected chi connectivity index (χ1v) is 6.60. The van der Waals surface area contributed by atoms with Gasteiger partial charge in [-0.2, -0.15) is 0 Å². The highest BCUT2D eigenvalue weighted by molar-refractivity contribution is 7.88. The molecule has 1 heterocycles. The van der Waals surface area contributed by atoms with E-state index < -0.39 is 16.0 Å². The molecule has 0 aromatic carbocycles. The van der Waals surface area contributed by atoms with Crippen LogP contribution in [0.1, 0.15) is 5.76 Å². The molecule has 0 aliphatic heterocycles. The molecular weight excluding hydrogens is 260 g/mol. The van der Waals surface area contributed by atoms with Crippen LogP contribution in [0.25, 0.3) is 0 Å². The van der Waals surface area contributed by atoms with Gasteiger partial charge in [0.25, 0.3) is 10.0 Å². The van der Waals surface area contributed by atoms with E-state index in [4.69, 9.17) is 4.42 Å². The van der Waals surface area contributed by atoms with Crippen LogP contribution in [-0.2, 0) is 26.1 Å². The smallest absolute Gasteiger partial charge is 0.319 e. The van der Waals surface area contributed by atoms with Crippen LogP contribution in [0.4, 0.5) is 0 Å². The molecule has 0 spiro atoms. The number of nitrogens with one attached hydrogen (secondary N) is 1. The van der Waals surface area contributed by atoms with Gasteiger partial charge in [-0.05, 0) is 12.1 Å².